The van der Waals surface area contributed by atoms with Crippen molar-refractivity contribution in [1.82, 2.24) is 10.2 Å². The second kappa shape index (κ2) is 8.03. The Bertz CT molecular complexity index is 349. The number of thiophene rings is 1. The molecule has 2 nitrogen and oxygen atoms in total. The second-order valence-corrected chi connectivity index (χ2v) is 6.65. The van der Waals surface area contributed by atoms with Crippen molar-refractivity contribution in [2.45, 2.75) is 19.9 Å². The Morgan fingerprint density at radius 3 is 2.94 bits per heavy atom. The van der Waals surface area contributed by atoms with E-state index in [1.807, 2.05) is 0 Å². The summed E-state index contributed by atoms with van der Waals surface area (Å²) in [5.41, 5.74) is 2.61. The summed E-state index contributed by atoms with van der Waals surface area (Å²) >= 11 is 5.22. The van der Waals surface area contributed by atoms with Gasteiger partial charge in [0.15, 0.2) is 0 Å². The van der Waals surface area contributed by atoms with Crippen LogP contribution in [0.25, 0.3) is 0 Å². The number of hydrogen-bond acceptors (Lipinski definition) is 3. The minimum atomic E-state index is 0.922. The first kappa shape index (κ1) is 14.9. The molecule has 0 aliphatic heterocycles. The van der Waals surface area contributed by atoms with Crippen molar-refractivity contribution in [3.05, 3.63) is 32.9 Å². The van der Waals surface area contributed by atoms with E-state index in [1.54, 1.807) is 11.3 Å². The molecule has 17 heavy (non-hydrogen) atoms. The van der Waals surface area contributed by atoms with Crippen LogP contribution in [0, 0.1) is 0 Å². The van der Waals surface area contributed by atoms with Crippen molar-refractivity contribution in [2.75, 3.05) is 26.7 Å². The predicted molar refractivity (Wildman–Crippen MR) is 80.7 cm³/mol. The lowest BCUT2D eigenvalue weighted by atomic mass is 10.2. The van der Waals surface area contributed by atoms with E-state index in [-0.39, 0.29) is 0 Å². The number of rotatable bonds is 8. The minimum Gasteiger partial charge on any atom is -0.313 e. The molecular weight excluding hydrogens is 296 g/mol. The molecule has 0 amide bonds. The van der Waals surface area contributed by atoms with Gasteiger partial charge in [-0.15, -0.1) is 11.3 Å². The lowest BCUT2D eigenvalue weighted by Crippen LogP contribution is -2.26. The summed E-state index contributed by atoms with van der Waals surface area (Å²) in [4.78, 5) is 2.30. The van der Waals surface area contributed by atoms with Gasteiger partial charge in [-0.1, -0.05) is 13.5 Å². The molecule has 1 aromatic heterocycles. The number of hydrogen-bond donors (Lipinski definition) is 1. The van der Waals surface area contributed by atoms with Crippen LogP contribution in [0.5, 0.6) is 0 Å². The largest absolute Gasteiger partial charge is 0.313 e. The zero-order chi connectivity index (χ0) is 12.7. The summed E-state index contributed by atoms with van der Waals surface area (Å²) < 4.78 is 1.20. The molecule has 96 valence electrons. The first-order chi connectivity index (χ1) is 8.11. The van der Waals surface area contributed by atoms with Crippen LogP contribution < -0.4 is 5.32 Å². The second-order valence-electron chi connectivity index (χ2n) is 4.36. The van der Waals surface area contributed by atoms with Gasteiger partial charge in [0.1, 0.15) is 0 Å². The molecule has 4 heteroatoms. The standard InChI is InChI=1S/C13H21BrN2S/c1-4-5-15-7-11(2)8-16(3)9-12-6-13(14)17-10-12/h6,10,15H,2,4-5,7-9H2,1,3H3. The molecule has 0 unspecified atom stereocenters. The normalized spacial score (nSPS) is 11.1. The first-order valence-electron chi connectivity index (χ1n) is 5.90. The van der Waals surface area contributed by atoms with Crippen molar-refractivity contribution < 1.29 is 0 Å². The molecule has 1 heterocycles. The van der Waals surface area contributed by atoms with Crippen LogP contribution in [-0.4, -0.2) is 31.6 Å². The van der Waals surface area contributed by atoms with Crippen LogP contribution in [0.15, 0.2) is 27.4 Å². The summed E-state index contributed by atoms with van der Waals surface area (Å²) in [5.74, 6) is 0. The Labute approximate surface area is 117 Å². The third kappa shape index (κ3) is 6.36. The summed E-state index contributed by atoms with van der Waals surface area (Å²) in [7, 11) is 2.14. The average molecular weight is 317 g/mol. The maximum Gasteiger partial charge on any atom is 0.0701 e. The number of halogens is 1. The average Bonchev–Trinajstić information content (AvgIpc) is 2.64. The fraction of sp³-hybridized carbons (Fsp3) is 0.538. The molecule has 0 atom stereocenters. The van der Waals surface area contributed by atoms with E-state index >= 15 is 0 Å². The lowest BCUT2D eigenvalue weighted by Gasteiger charge is -2.17. The smallest absolute Gasteiger partial charge is 0.0701 e. The molecule has 0 saturated carbocycles. The lowest BCUT2D eigenvalue weighted by molar-refractivity contribution is 0.352. The van der Waals surface area contributed by atoms with E-state index in [2.05, 4.69) is 58.1 Å². The van der Waals surface area contributed by atoms with E-state index in [9.17, 15) is 0 Å². The molecule has 1 rings (SSSR count). The first-order valence-corrected chi connectivity index (χ1v) is 7.58. The Morgan fingerprint density at radius 2 is 2.35 bits per heavy atom. The zero-order valence-corrected chi connectivity index (χ0v) is 13.0. The molecule has 0 fully saturated rings. The van der Waals surface area contributed by atoms with Crippen LogP contribution in [0.2, 0.25) is 0 Å². The highest BCUT2D eigenvalue weighted by atomic mass is 79.9. The molecule has 0 aromatic carbocycles. The van der Waals surface area contributed by atoms with Gasteiger partial charge in [0.2, 0.25) is 0 Å². The van der Waals surface area contributed by atoms with E-state index in [0.29, 0.717) is 0 Å². The van der Waals surface area contributed by atoms with E-state index in [1.165, 1.54) is 21.3 Å². The van der Waals surface area contributed by atoms with Crippen molar-refractivity contribution in [3.8, 4) is 0 Å². The Hall–Kier alpha value is -0.160. The maximum atomic E-state index is 4.10. The Kier molecular flexibility index (Phi) is 7.04. The third-order valence-electron chi connectivity index (χ3n) is 2.37. The van der Waals surface area contributed by atoms with Crippen molar-refractivity contribution in [2.24, 2.45) is 0 Å². The molecule has 0 bridgehead atoms. The number of nitrogens with zero attached hydrogens (tertiary/aromatic N) is 1. The molecule has 0 spiro atoms. The molecule has 1 aromatic rings. The fourth-order valence-corrected chi connectivity index (χ4v) is 2.88. The number of likely N-dealkylation sites (N-methyl/N-ethyl adjacent to an activating group) is 1. The maximum absolute atomic E-state index is 4.10. The van der Waals surface area contributed by atoms with E-state index in [4.69, 9.17) is 0 Å². The van der Waals surface area contributed by atoms with Gasteiger partial charge in [-0.05, 0) is 58.5 Å². The van der Waals surface area contributed by atoms with Crippen molar-refractivity contribution in [1.29, 1.82) is 0 Å². The summed E-state index contributed by atoms with van der Waals surface area (Å²) in [6, 6.07) is 2.18. The Morgan fingerprint density at radius 1 is 1.59 bits per heavy atom. The minimum absolute atomic E-state index is 0.922. The van der Waals surface area contributed by atoms with Crippen LogP contribution >= 0.6 is 27.3 Å². The van der Waals surface area contributed by atoms with E-state index in [0.717, 1.165) is 26.2 Å². The summed E-state index contributed by atoms with van der Waals surface area (Å²) in [5, 5.41) is 5.57. The highest BCUT2D eigenvalue weighted by Crippen LogP contribution is 2.21. The molecule has 0 aliphatic rings. The molecular formula is C13H21BrN2S. The van der Waals surface area contributed by atoms with Gasteiger partial charge in [0.05, 0.1) is 3.79 Å². The highest BCUT2D eigenvalue weighted by Gasteiger charge is 2.04. The third-order valence-corrected chi connectivity index (χ3v) is 3.92. The zero-order valence-electron chi connectivity index (χ0n) is 10.6. The van der Waals surface area contributed by atoms with Gasteiger partial charge in [-0.3, -0.25) is 4.90 Å². The number of nitrogens with one attached hydrogen (secondary N) is 1. The van der Waals surface area contributed by atoms with Gasteiger partial charge in [0, 0.05) is 19.6 Å². The van der Waals surface area contributed by atoms with E-state index < -0.39 is 0 Å². The van der Waals surface area contributed by atoms with Gasteiger partial charge >= 0.3 is 0 Å². The topological polar surface area (TPSA) is 15.3 Å². The monoisotopic (exact) mass is 316 g/mol. The fourth-order valence-electron chi connectivity index (χ4n) is 1.68. The summed E-state index contributed by atoms with van der Waals surface area (Å²) in [6.07, 6.45) is 1.17. The van der Waals surface area contributed by atoms with Crippen LogP contribution in [0.3, 0.4) is 0 Å². The van der Waals surface area contributed by atoms with Crippen LogP contribution in [0.1, 0.15) is 18.9 Å². The summed E-state index contributed by atoms with van der Waals surface area (Å²) in [6.45, 7) is 10.2. The highest BCUT2D eigenvalue weighted by molar-refractivity contribution is 9.11. The molecule has 0 aliphatic carbocycles. The van der Waals surface area contributed by atoms with Gasteiger partial charge < -0.3 is 5.32 Å². The van der Waals surface area contributed by atoms with Crippen LogP contribution in [0.4, 0.5) is 0 Å². The quantitative estimate of drug-likeness (QED) is 0.583. The van der Waals surface area contributed by atoms with Crippen LogP contribution in [-0.2, 0) is 6.54 Å². The van der Waals surface area contributed by atoms with Crippen molar-refractivity contribution >= 4 is 27.3 Å². The molecule has 0 radical (unpaired) electrons. The van der Waals surface area contributed by atoms with Gasteiger partial charge in [0.25, 0.3) is 0 Å². The van der Waals surface area contributed by atoms with Gasteiger partial charge in [-0.2, -0.15) is 0 Å². The van der Waals surface area contributed by atoms with Crippen molar-refractivity contribution in [3.63, 3.8) is 0 Å². The van der Waals surface area contributed by atoms with Gasteiger partial charge in [-0.25, -0.2) is 0 Å². The predicted octanol–water partition coefficient (Wildman–Crippen LogP) is 3.50. The molecule has 0 saturated heterocycles. The Balaban J connectivity index is 2.24. The SMILES string of the molecule is C=C(CNCCC)CN(C)Cc1csc(Br)c1. The molecule has 1 N–H and O–H groups in total.